The van der Waals surface area contributed by atoms with Gasteiger partial charge in [-0.15, -0.1) is 0 Å². The Bertz CT molecular complexity index is 1440. The lowest BCUT2D eigenvalue weighted by atomic mass is 10.0. The molecule has 2 bridgehead atoms. The number of likely N-dealkylation sites (tertiary alicyclic amines) is 1. The number of piperidine rings is 1. The molecule has 9 heteroatoms. The molecule has 9 nitrogen and oxygen atoms in total. The number of carbonyl (C=O) groups excluding carboxylic acids is 1. The fourth-order valence-electron chi connectivity index (χ4n) is 5.50. The molecule has 190 valence electrons. The Labute approximate surface area is 215 Å². The van der Waals surface area contributed by atoms with Gasteiger partial charge in [-0.05, 0) is 70.0 Å². The minimum absolute atomic E-state index is 0.120. The van der Waals surface area contributed by atoms with Crippen LogP contribution in [0.25, 0.3) is 22.3 Å². The minimum Gasteiger partial charge on any atom is -0.457 e. The third-order valence-electron chi connectivity index (χ3n) is 7.07. The zero-order chi connectivity index (χ0) is 25.7. The van der Waals surface area contributed by atoms with E-state index in [2.05, 4.69) is 9.97 Å². The van der Waals surface area contributed by atoms with Crippen molar-refractivity contribution in [2.45, 2.75) is 51.3 Å². The van der Waals surface area contributed by atoms with Gasteiger partial charge < -0.3 is 20.1 Å². The molecule has 2 N–H and O–H groups in total. The standard InChI is InChI=1S/C28H30N6O3/c1-28(2,3)37-27(35)33-15-18-13-19(33)14-22(18)34-26-23(25(29)30-16-31-26)24(32-34)17-9-11-21(12-10-17)36-20-7-5-4-6-8-20/h4-12,16,18-19,22H,13-15H2,1-3H3,(H2,29,30,31). The van der Waals surface area contributed by atoms with Crippen molar-refractivity contribution in [1.82, 2.24) is 24.6 Å². The van der Waals surface area contributed by atoms with Gasteiger partial charge in [-0.25, -0.2) is 19.4 Å². The van der Waals surface area contributed by atoms with Crippen LogP contribution in [-0.2, 0) is 4.74 Å². The molecule has 1 saturated heterocycles. The molecule has 6 rings (SSSR count). The first-order valence-corrected chi connectivity index (χ1v) is 12.6. The quantitative estimate of drug-likeness (QED) is 0.399. The molecule has 1 amide bonds. The Hall–Kier alpha value is -4.14. The normalized spacial score (nSPS) is 20.9. The summed E-state index contributed by atoms with van der Waals surface area (Å²) in [6.07, 6.45) is 2.96. The number of anilines is 1. The number of aromatic nitrogens is 4. The number of benzene rings is 2. The van der Waals surface area contributed by atoms with Crippen molar-refractivity contribution in [3.8, 4) is 22.8 Å². The van der Waals surface area contributed by atoms with Gasteiger partial charge in [-0.2, -0.15) is 5.10 Å². The van der Waals surface area contributed by atoms with E-state index in [4.69, 9.17) is 20.3 Å². The van der Waals surface area contributed by atoms with Crippen LogP contribution >= 0.6 is 0 Å². The van der Waals surface area contributed by atoms with Crippen molar-refractivity contribution >= 4 is 22.9 Å². The zero-order valence-electron chi connectivity index (χ0n) is 21.2. The summed E-state index contributed by atoms with van der Waals surface area (Å²) in [5.74, 6) is 2.18. The summed E-state index contributed by atoms with van der Waals surface area (Å²) >= 11 is 0. The molecule has 0 spiro atoms. The Kier molecular flexibility index (Phi) is 5.51. The van der Waals surface area contributed by atoms with E-state index in [1.165, 1.54) is 6.33 Å². The van der Waals surface area contributed by atoms with Gasteiger partial charge in [0.1, 0.15) is 34.9 Å². The van der Waals surface area contributed by atoms with Crippen LogP contribution in [0.2, 0.25) is 0 Å². The van der Waals surface area contributed by atoms with Crippen LogP contribution in [-0.4, -0.2) is 48.9 Å². The summed E-state index contributed by atoms with van der Waals surface area (Å²) in [4.78, 5) is 23.4. The van der Waals surface area contributed by atoms with Gasteiger partial charge >= 0.3 is 6.09 Å². The number of fused-ring (bicyclic) bond motifs is 3. The van der Waals surface area contributed by atoms with Crippen LogP contribution in [0.15, 0.2) is 60.9 Å². The van der Waals surface area contributed by atoms with Crippen molar-refractivity contribution in [2.75, 3.05) is 12.3 Å². The second-order valence-corrected chi connectivity index (χ2v) is 10.8. The van der Waals surface area contributed by atoms with Crippen LogP contribution in [0, 0.1) is 5.92 Å². The van der Waals surface area contributed by atoms with Gasteiger partial charge in [-0.3, -0.25) is 0 Å². The van der Waals surface area contributed by atoms with Crippen LogP contribution < -0.4 is 10.5 Å². The molecular formula is C28H30N6O3. The molecule has 4 aromatic rings. The van der Waals surface area contributed by atoms with Crippen LogP contribution in [0.1, 0.15) is 39.7 Å². The minimum atomic E-state index is -0.512. The summed E-state index contributed by atoms with van der Waals surface area (Å²) < 4.78 is 13.6. The predicted molar refractivity (Wildman–Crippen MR) is 140 cm³/mol. The van der Waals surface area contributed by atoms with Gasteiger partial charge in [0.05, 0.1) is 11.4 Å². The van der Waals surface area contributed by atoms with Gasteiger partial charge in [-0.1, -0.05) is 18.2 Å². The highest BCUT2D eigenvalue weighted by molar-refractivity contribution is 5.98. The monoisotopic (exact) mass is 498 g/mol. The average Bonchev–Trinajstić information content (AvgIpc) is 3.57. The molecule has 2 aliphatic rings. The number of hydrogen-bond acceptors (Lipinski definition) is 7. The van der Waals surface area contributed by atoms with Crippen molar-refractivity contribution < 1.29 is 14.3 Å². The number of amides is 1. The maximum atomic E-state index is 12.7. The largest absolute Gasteiger partial charge is 0.457 e. The summed E-state index contributed by atoms with van der Waals surface area (Å²) in [6.45, 7) is 6.32. The SMILES string of the molecule is CC(C)(C)OC(=O)N1CC2CC1CC2n1nc(-c2ccc(Oc3ccccc3)cc2)c2c(N)ncnc21. The molecule has 2 fully saturated rings. The maximum Gasteiger partial charge on any atom is 0.410 e. The molecule has 3 atom stereocenters. The first-order valence-electron chi connectivity index (χ1n) is 12.6. The first kappa shape index (κ1) is 23.3. The third kappa shape index (κ3) is 4.34. The van der Waals surface area contributed by atoms with E-state index in [0.717, 1.165) is 41.0 Å². The molecule has 1 aliphatic heterocycles. The van der Waals surface area contributed by atoms with Crippen molar-refractivity contribution in [3.05, 3.63) is 60.9 Å². The van der Waals surface area contributed by atoms with E-state index in [9.17, 15) is 4.79 Å². The number of carbonyl (C=O) groups is 1. The summed E-state index contributed by atoms with van der Waals surface area (Å²) in [7, 11) is 0. The van der Waals surface area contributed by atoms with E-state index < -0.39 is 5.60 Å². The lowest BCUT2D eigenvalue weighted by molar-refractivity contribution is 0.0163. The van der Waals surface area contributed by atoms with E-state index in [1.807, 2.05) is 85.0 Å². The van der Waals surface area contributed by atoms with Gasteiger partial charge in [0.15, 0.2) is 5.65 Å². The number of ether oxygens (including phenoxy) is 2. The fourth-order valence-corrected chi connectivity index (χ4v) is 5.50. The topological polar surface area (TPSA) is 108 Å². The molecule has 1 aliphatic carbocycles. The summed E-state index contributed by atoms with van der Waals surface area (Å²) in [6, 6.07) is 17.7. The zero-order valence-corrected chi connectivity index (χ0v) is 21.2. The number of nitrogen functional groups attached to an aromatic ring is 1. The number of rotatable bonds is 4. The highest BCUT2D eigenvalue weighted by atomic mass is 16.6. The van der Waals surface area contributed by atoms with Crippen molar-refractivity contribution in [1.29, 1.82) is 0 Å². The predicted octanol–water partition coefficient (Wildman–Crippen LogP) is 5.44. The lowest BCUT2D eigenvalue weighted by Crippen LogP contribution is -2.43. The number of para-hydroxylation sites is 1. The first-order chi connectivity index (χ1) is 17.8. The molecule has 37 heavy (non-hydrogen) atoms. The van der Waals surface area contributed by atoms with Gasteiger partial charge in [0.2, 0.25) is 0 Å². The highest BCUT2D eigenvalue weighted by Crippen LogP contribution is 2.47. The van der Waals surface area contributed by atoms with E-state index >= 15 is 0 Å². The molecule has 0 radical (unpaired) electrons. The fraction of sp³-hybridized carbons (Fsp3) is 0.357. The molecule has 1 saturated carbocycles. The summed E-state index contributed by atoms with van der Waals surface area (Å²) in [5, 5.41) is 5.76. The highest BCUT2D eigenvalue weighted by Gasteiger charge is 2.49. The maximum absolute atomic E-state index is 12.7. The second kappa shape index (κ2) is 8.76. The number of hydrogen-bond donors (Lipinski definition) is 1. The molecule has 2 aromatic carbocycles. The smallest absolute Gasteiger partial charge is 0.410 e. The lowest BCUT2D eigenvalue weighted by Gasteiger charge is -2.33. The van der Waals surface area contributed by atoms with Crippen LogP contribution in [0.5, 0.6) is 11.5 Å². The third-order valence-corrected chi connectivity index (χ3v) is 7.07. The Morgan fingerprint density at radius 3 is 2.41 bits per heavy atom. The Morgan fingerprint density at radius 1 is 1.00 bits per heavy atom. The second-order valence-electron chi connectivity index (χ2n) is 10.8. The van der Waals surface area contributed by atoms with E-state index in [0.29, 0.717) is 18.0 Å². The molecule has 3 unspecified atom stereocenters. The van der Waals surface area contributed by atoms with Crippen LogP contribution in [0.3, 0.4) is 0 Å². The van der Waals surface area contributed by atoms with Gasteiger partial charge in [0, 0.05) is 24.1 Å². The van der Waals surface area contributed by atoms with Crippen molar-refractivity contribution in [2.24, 2.45) is 5.92 Å². The Morgan fingerprint density at radius 2 is 1.73 bits per heavy atom. The van der Waals surface area contributed by atoms with E-state index in [-0.39, 0.29) is 24.1 Å². The summed E-state index contributed by atoms with van der Waals surface area (Å²) in [5.41, 5.74) is 8.19. The van der Waals surface area contributed by atoms with Crippen molar-refractivity contribution in [3.63, 3.8) is 0 Å². The van der Waals surface area contributed by atoms with Crippen LogP contribution in [0.4, 0.5) is 10.6 Å². The average molecular weight is 499 g/mol. The molecule has 3 heterocycles. The van der Waals surface area contributed by atoms with Gasteiger partial charge in [0.25, 0.3) is 0 Å². The molecule has 2 aromatic heterocycles. The molecular weight excluding hydrogens is 468 g/mol. The van der Waals surface area contributed by atoms with E-state index in [1.54, 1.807) is 0 Å². The number of nitrogens with zero attached hydrogens (tertiary/aromatic N) is 5. The number of nitrogens with two attached hydrogens (primary N) is 1. The Balaban J connectivity index is 1.28.